The maximum Gasteiger partial charge on any atom is 0.407 e. The van der Waals surface area contributed by atoms with Gasteiger partial charge in [0.2, 0.25) is 0 Å². The number of nitrogens with one attached hydrogen (secondary N) is 1. The quantitative estimate of drug-likeness (QED) is 0.383. The van der Waals surface area contributed by atoms with E-state index in [1.807, 2.05) is 36.4 Å². The van der Waals surface area contributed by atoms with Gasteiger partial charge in [-0.05, 0) is 71.8 Å². The Hall–Kier alpha value is -2.64. The molecule has 0 aliphatic heterocycles. The van der Waals surface area contributed by atoms with Gasteiger partial charge in [-0.3, -0.25) is 4.79 Å². The molecule has 0 radical (unpaired) electrons. The normalized spacial score (nSPS) is 13.2. The molecule has 1 aliphatic carbocycles. The molecule has 1 aliphatic rings. The molecule has 0 heterocycles. The summed E-state index contributed by atoms with van der Waals surface area (Å²) in [5, 5.41) is 12.0. The van der Waals surface area contributed by atoms with Crippen LogP contribution in [0.1, 0.15) is 35.1 Å². The molecule has 3 aromatic carbocycles. The molecule has 0 unspecified atom stereocenters. The van der Waals surface area contributed by atoms with Gasteiger partial charge in [0, 0.05) is 14.9 Å². The molecule has 7 heteroatoms. The van der Waals surface area contributed by atoms with Crippen LogP contribution in [0.5, 0.6) is 0 Å². The van der Waals surface area contributed by atoms with E-state index in [4.69, 9.17) is 4.74 Å². The van der Waals surface area contributed by atoms with Gasteiger partial charge in [0.1, 0.15) is 6.61 Å². The molecular weight excluding hydrogens is 526 g/mol. The minimum atomic E-state index is -1.01. The maximum atomic E-state index is 12.6. The fraction of sp³-hybridized carbons (Fsp3) is 0.167. The first kappa shape index (κ1) is 21.6. The monoisotopic (exact) mass is 543 g/mol. The summed E-state index contributed by atoms with van der Waals surface area (Å²) in [6.07, 6.45) is -0.898. The topological polar surface area (TPSA) is 75.6 Å². The number of carbonyl (C=O) groups excluding carboxylic acids is 1. The van der Waals surface area contributed by atoms with Crippen LogP contribution >= 0.6 is 31.9 Å². The molecule has 1 amide bonds. The number of amides is 1. The molecule has 2 N–H and O–H groups in total. The van der Waals surface area contributed by atoms with Gasteiger partial charge < -0.3 is 15.2 Å². The zero-order valence-electron chi connectivity index (χ0n) is 16.3. The van der Waals surface area contributed by atoms with Crippen LogP contribution in [0.15, 0.2) is 75.7 Å². The number of ether oxygens (including phenoxy) is 1. The van der Waals surface area contributed by atoms with Crippen LogP contribution in [0.3, 0.4) is 0 Å². The van der Waals surface area contributed by atoms with E-state index in [0.29, 0.717) is 5.56 Å². The molecule has 5 nitrogen and oxygen atoms in total. The lowest BCUT2D eigenvalue weighted by Gasteiger charge is -2.19. The third-order valence-electron chi connectivity index (χ3n) is 5.36. The minimum Gasteiger partial charge on any atom is -0.481 e. The lowest BCUT2D eigenvalue weighted by Crippen LogP contribution is -2.31. The molecular formula is C24H19Br2NO4. The number of hydrogen-bond acceptors (Lipinski definition) is 3. The molecule has 4 rings (SSSR count). The number of carboxylic acid groups (broad SMARTS) is 1. The first-order chi connectivity index (χ1) is 14.9. The summed E-state index contributed by atoms with van der Waals surface area (Å²) >= 11 is 6.81. The average Bonchev–Trinajstić information content (AvgIpc) is 3.07. The van der Waals surface area contributed by atoms with Gasteiger partial charge in [0.15, 0.2) is 0 Å². The van der Waals surface area contributed by atoms with Gasteiger partial charge in [0.05, 0.1) is 12.5 Å². The van der Waals surface area contributed by atoms with Gasteiger partial charge in [0.25, 0.3) is 0 Å². The van der Waals surface area contributed by atoms with Gasteiger partial charge >= 0.3 is 12.1 Å². The third-order valence-corrected chi connectivity index (χ3v) is 7.24. The van der Waals surface area contributed by atoms with Crippen molar-refractivity contribution in [2.75, 3.05) is 6.61 Å². The Balaban J connectivity index is 1.49. The standard InChI is InChI=1S/C24H19Br2NO4/c25-20-10-9-14(11-21(20)26)22(12-23(28)29)27-24(30)31-13-19-17-7-3-1-5-15(17)16-6-2-4-8-18(16)19/h1-11,19,22H,12-13H2,(H,27,30)(H,28,29)/t22-/m0/s1. The largest absolute Gasteiger partial charge is 0.481 e. The summed E-state index contributed by atoms with van der Waals surface area (Å²) in [7, 11) is 0. The van der Waals surface area contributed by atoms with Crippen molar-refractivity contribution < 1.29 is 19.4 Å². The summed E-state index contributed by atoms with van der Waals surface area (Å²) in [6.45, 7) is 0.170. The zero-order valence-corrected chi connectivity index (χ0v) is 19.5. The van der Waals surface area contributed by atoms with Crippen molar-refractivity contribution in [3.8, 4) is 11.1 Å². The molecule has 0 fully saturated rings. The van der Waals surface area contributed by atoms with Gasteiger partial charge in [-0.15, -0.1) is 0 Å². The maximum absolute atomic E-state index is 12.6. The summed E-state index contributed by atoms with van der Waals surface area (Å²) in [6, 6.07) is 20.8. The molecule has 0 saturated carbocycles. The Morgan fingerprint density at radius 1 is 0.935 bits per heavy atom. The fourth-order valence-corrected chi connectivity index (χ4v) is 4.58. The average molecular weight is 545 g/mol. The predicted molar refractivity (Wildman–Crippen MR) is 125 cm³/mol. The minimum absolute atomic E-state index is 0.0575. The van der Waals surface area contributed by atoms with Gasteiger partial charge in [-0.25, -0.2) is 4.79 Å². The van der Waals surface area contributed by atoms with Crippen molar-refractivity contribution in [2.45, 2.75) is 18.4 Å². The molecule has 1 atom stereocenters. The smallest absolute Gasteiger partial charge is 0.407 e. The number of rotatable bonds is 6. The van der Waals surface area contributed by atoms with E-state index >= 15 is 0 Å². The van der Waals surface area contributed by atoms with E-state index in [9.17, 15) is 14.7 Å². The van der Waals surface area contributed by atoms with Crippen LogP contribution in [0, 0.1) is 0 Å². The van der Waals surface area contributed by atoms with Crippen molar-refractivity contribution in [1.82, 2.24) is 5.32 Å². The van der Waals surface area contributed by atoms with Crippen LogP contribution in [-0.4, -0.2) is 23.8 Å². The molecule has 0 spiro atoms. The van der Waals surface area contributed by atoms with E-state index in [2.05, 4.69) is 49.3 Å². The van der Waals surface area contributed by atoms with E-state index in [1.54, 1.807) is 18.2 Å². The number of aliphatic carboxylic acids is 1. The lowest BCUT2D eigenvalue weighted by atomic mass is 9.98. The Morgan fingerprint density at radius 2 is 1.55 bits per heavy atom. The summed E-state index contributed by atoms with van der Waals surface area (Å²) < 4.78 is 7.18. The first-order valence-corrected chi connectivity index (χ1v) is 11.3. The first-order valence-electron chi connectivity index (χ1n) is 9.72. The van der Waals surface area contributed by atoms with Crippen molar-refractivity contribution >= 4 is 43.9 Å². The second-order valence-corrected chi connectivity index (χ2v) is 9.00. The molecule has 0 saturated heterocycles. The van der Waals surface area contributed by atoms with Crippen molar-refractivity contribution in [3.05, 3.63) is 92.4 Å². The number of alkyl carbamates (subject to hydrolysis) is 1. The SMILES string of the molecule is O=C(O)C[C@H](NC(=O)OCC1c2ccccc2-c2ccccc21)c1ccc(Br)c(Br)c1. The van der Waals surface area contributed by atoms with E-state index in [1.165, 1.54) is 0 Å². The molecule has 3 aromatic rings. The Morgan fingerprint density at radius 3 is 2.13 bits per heavy atom. The van der Waals surface area contributed by atoms with E-state index in [0.717, 1.165) is 31.2 Å². The highest BCUT2D eigenvalue weighted by atomic mass is 79.9. The third kappa shape index (κ3) is 4.67. The number of hydrogen-bond donors (Lipinski definition) is 2. The highest BCUT2D eigenvalue weighted by Gasteiger charge is 2.29. The zero-order chi connectivity index (χ0) is 22.0. The summed E-state index contributed by atoms with van der Waals surface area (Å²) in [5.41, 5.74) is 5.21. The number of benzene rings is 3. The van der Waals surface area contributed by atoms with Crippen molar-refractivity contribution in [3.63, 3.8) is 0 Å². The van der Waals surface area contributed by atoms with E-state index in [-0.39, 0.29) is 18.9 Å². The Labute approximate surface area is 196 Å². The molecule has 0 bridgehead atoms. The van der Waals surface area contributed by atoms with E-state index < -0.39 is 18.1 Å². The van der Waals surface area contributed by atoms with Crippen LogP contribution < -0.4 is 5.32 Å². The predicted octanol–water partition coefficient (Wildman–Crippen LogP) is 6.27. The molecule has 158 valence electrons. The lowest BCUT2D eigenvalue weighted by molar-refractivity contribution is -0.137. The fourth-order valence-electron chi connectivity index (χ4n) is 3.94. The van der Waals surface area contributed by atoms with Gasteiger partial charge in [-0.1, -0.05) is 54.6 Å². The van der Waals surface area contributed by atoms with Crippen LogP contribution in [0.2, 0.25) is 0 Å². The highest BCUT2D eigenvalue weighted by Crippen LogP contribution is 2.44. The highest BCUT2D eigenvalue weighted by molar-refractivity contribution is 9.13. The number of carboxylic acids is 1. The number of halogens is 2. The molecule has 31 heavy (non-hydrogen) atoms. The second kappa shape index (κ2) is 9.24. The van der Waals surface area contributed by atoms with Crippen molar-refractivity contribution in [2.24, 2.45) is 0 Å². The number of fused-ring (bicyclic) bond motifs is 3. The molecule has 0 aromatic heterocycles. The summed E-state index contributed by atoms with van der Waals surface area (Å²) in [4.78, 5) is 23.9. The van der Waals surface area contributed by atoms with Crippen LogP contribution in [0.25, 0.3) is 11.1 Å². The number of carbonyl (C=O) groups is 2. The second-order valence-electron chi connectivity index (χ2n) is 7.29. The Kier molecular flexibility index (Phi) is 6.43. The summed E-state index contributed by atoms with van der Waals surface area (Å²) in [5.74, 6) is -1.07. The van der Waals surface area contributed by atoms with Gasteiger partial charge in [-0.2, -0.15) is 0 Å². The Bertz CT molecular complexity index is 1100. The van der Waals surface area contributed by atoms with Crippen LogP contribution in [0.4, 0.5) is 4.79 Å². The van der Waals surface area contributed by atoms with Crippen molar-refractivity contribution in [1.29, 1.82) is 0 Å². The van der Waals surface area contributed by atoms with Crippen LogP contribution in [-0.2, 0) is 9.53 Å².